The molecule has 3 rings (SSSR count). The average molecular weight is 331 g/mol. The molecule has 1 aliphatic carbocycles. The largest absolute Gasteiger partial charge is 0.458 e. The first kappa shape index (κ1) is 16.4. The first-order valence-corrected chi connectivity index (χ1v) is 8.22. The lowest BCUT2D eigenvalue weighted by molar-refractivity contribution is -0.149. The molecule has 2 fully saturated rings. The maximum absolute atomic E-state index is 12.7. The van der Waals surface area contributed by atoms with Gasteiger partial charge in [0.15, 0.2) is 0 Å². The van der Waals surface area contributed by atoms with Crippen LogP contribution < -0.4 is 5.32 Å². The van der Waals surface area contributed by atoms with Gasteiger partial charge in [0, 0.05) is 6.20 Å². The van der Waals surface area contributed by atoms with E-state index in [1.165, 1.54) is 0 Å². The van der Waals surface area contributed by atoms with E-state index in [9.17, 15) is 14.4 Å². The third-order valence-electron chi connectivity index (χ3n) is 4.90. The van der Waals surface area contributed by atoms with Crippen molar-refractivity contribution in [2.45, 2.75) is 44.8 Å². The number of imide groups is 1. The predicted octanol–water partition coefficient (Wildman–Crippen LogP) is 1.63. The first-order chi connectivity index (χ1) is 11.5. The van der Waals surface area contributed by atoms with Crippen molar-refractivity contribution in [1.29, 1.82) is 0 Å². The molecule has 1 saturated heterocycles. The van der Waals surface area contributed by atoms with Gasteiger partial charge in [0.1, 0.15) is 18.7 Å². The third-order valence-corrected chi connectivity index (χ3v) is 4.90. The predicted molar refractivity (Wildman–Crippen MR) is 84.6 cm³/mol. The van der Waals surface area contributed by atoms with Gasteiger partial charge in [-0.25, -0.2) is 4.79 Å². The van der Waals surface area contributed by atoms with Gasteiger partial charge < -0.3 is 10.1 Å². The fraction of sp³-hybridized carbons (Fsp3) is 0.529. The summed E-state index contributed by atoms with van der Waals surface area (Å²) in [5.74, 6) is -0.864. The van der Waals surface area contributed by atoms with Crippen molar-refractivity contribution >= 4 is 17.9 Å². The van der Waals surface area contributed by atoms with Gasteiger partial charge in [-0.05, 0) is 30.9 Å². The normalized spacial score (nSPS) is 26.5. The molecular weight excluding hydrogens is 310 g/mol. The molecule has 1 N–H and O–H groups in total. The average Bonchev–Trinajstić information content (AvgIpc) is 2.82. The Bertz CT molecular complexity index is 648. The summed E-state index contributed by atoms with van der Waals surface area (Å²) in [7, 11) is 0. The van der Waals surface area contributed by atoms with Crippen molar-refractivity contribution in [2.75, 3.05) is 6.54 Å². The Labute approximate surface area is 140 Å². The number of rotatable bonds is 4. The number of ether oxygens (including phenoxy) is 1. The molecule has 3 amide bonds. The van der Waals surface area contributed by atoms with E-state index in [0.29, 0.717) is 12.1 Å². The Hall–Kier alpha value is -2.44. The van der Waals surface area contributed by atoms with E-state index in [0.717, 1.165) is 24.2 Å². The monoisotopic (exact) mass is 331 g/mol. The number of hydrogen-bond donors (Lipinski definition) is 1. The summed E-state index contributed by atoms with van der Waals surface area (Å²) in [5.41, 5.74) is -0.239. The molecular formula is C17H21N3O4. The smallest absolute Gasteiger partial charge is 0.326 e. The number of nitrogens with zero attached hydrogens (tertiary/aromatic N) is 2. The lowest BCUT2D eigenvalue weighted by Crippen LogP contribution is -2.54. The summed E-state index contributed by atoms with van der Waals surface area (Å²) >= 11 is 0. The number of amides is 3. The SMILES string of the molecule is C[C@@H]1CCCC[C@@]12NC(=O)N(CC(=O)OCc1ccccn1)C2=O. The van der Waals surface area contributed by atoms with Crippen molar-refractivity contribution in [3.8, 4) is 0 Å². The van der Waals surface area contributed by atoms with Crippen molar-refractivity contribution in [1.82, 2.24) is 15.2 Å². The molecule has 2 heterocycles. The number of esters is 1. The zero-order valence-corrected chi connectivity index (χ0v) is 13.7. The molecule has 2 aliphatic rings. The highest BCUT2D eigenvalue weighted by molar-refractivity contribution is 6.08. The van der Waals surface area contributed by atoms with Crippen LogP contribution in [0.15, 0.2) is 24.4 Å². The lowest BCUT2D eigenvalue weighted by atomic mass is 9.73. The van der Waals surface area contributed by atoms with E-state index in [1.807, 2.05) is 6.92 Å². The standard InChI is InChI=1S/C17H21N3O4/c1-12-6-2-4-8-17(12)15(22)20(16(23)19-17)10-14(21)24-11-13-7-3-5-9-18-13/h3,5,7,9,12H,2,4,6,8,10-11H2,1H3,(H,19,23)/t12-,17-/m1/s1. The lowest BCUT2D eigenvalue weighted by Gasteiger charge is -2.36. The van der Waals surface area contributed by atoms with Crippen LogP contribution >= 0.6 is 0 Å². The maximum atomic E-state index is 12.7. The van der Waals surface area contributed by atoms with Crippen LogP contribution in [0, 0.1) is 5.92 Å². The van der Waals surface area contributed by atoms with E-state index in [1.54, 1.807) is 24.4 Å². The molecule has 1 aromatic rings. The van der Waals surface area contributed by atoms with Crippen LogP contribution in [0.4, 0.5) is 4.79 Å². The molecule has 1 spiro atoms. The summed E-state index contributed by atoms with van der Waals surface area (Å²) in [6.45, 7) is 1.62. The van der Waals surface area contributed by atoms with Crippen molar-refractivity contribution in [3.05, 3.63) is 30.1 Å². The van der Waals surface area contributed by atoms with Crippen molar-refractivity contribution in [2.24, 2.45) is 5.92 Å². The Morgan fingerprint density at radius 3 is 2.96 bits per heavy atom. The molecule has 0 unspecified atom stereocenters. The van der Waals surface area contributed by atoms with Crippen LogP contribution in [0.3, 0.4) is 0 Å². The quantitative estimate of drug-likeness (QED) is 0.669. The fourth-order valence-corrected chi connectivity index (χ4v) is 3.45. The van der Waals surface area contributed by atoms with Gasteiger partial charge in [0.05, 0.1) is 5.69 Å². The Kier molecular flexibility index (Phi) is 4.51. The molecule has 128 valence electrons. The van der Waals surface area contributed by atoms with Crippen LogP contribution in [0.2, 0.25) is 0 Å². The minimum absolute atomic E-state index is 0.0187. The van der Waals surface area contributed by atoms with Gasteiger partial charge in [-0.2, -0.15) is 0 Å². The number of urea groups is 1. The topological polar surface area (TPSA) is 88.6 Å². The summed E-state index contributed by atoms with van der Waals surface area (Å²) in [6, 6.07) is 4.79. The number of carbonyl (C=O) groups excluding carboxylic acids is 3. The van der Waals surface area contributed by atoms with Gasteiger partial charge >= 0.3 is 12.0 Å². The highest BCUT2D eigenvalue weighted by atomic mass is 16.5. The zero-order valence-electron chi connectivity index (χ0n) is 13.7. The molecule has 0 aromatic carbocycles. The second-order valence-corrected chi connectivity index (χ2v) is 6.42. The molecule has 0 radical (unpaired) electrons. The number of aromatic nitrogens is 1. The van der Waals surface area contributed by atoms with E-state index in [2.05, 4.69) is 10.3 Å². The van der Waals surface area contributed by atoms with Crippen LogP contribution in [0.1, 0.15) is 38.3 Å². The summed E-state index contributed by atoms with van der Waals surface area (Å²) in [5, 5.41) is 2.82. The highest BCUT2D eigenvalue weighted by Gasteiger charge is 2.55. The van der Waals surface area contributed by atoms with Gasteiger partial charge in [0.2, 0.25) is 0 Å². The van der Waals surface area contributed by atoms with E-state index >= 15 is 0 Å². The second kappa shape index (κ2) is 6.59. The van der Waals surface area contributed by atoms with Gasteiger partial charge in [-0.1, -0.05) is 25.8 Å². The Balaban J connectivity index is 1.61. The first-order valence-electron chi connectivity index (χ1n) is 8.22. The van der Waals surface area contributed by atoms with E-state index < -0.39 is 17.5 Å². The van der Waals surface area contributed by atoms with E-state index in [4.69, 9.17) is 4.74 Å². The minimum atomic E-state index is -0.851. The van der Waals surface area contributed by atoms with Gasteiger partial charge in [-0.15, -0.1) is 0 Å². The van der Waals surface area contributed by atoms with Crippen LogP contribution in [0.25, 0.3) is 0 Å². The summed E-state index contributed by atoms with van der Waals surface area (Å²) in [6.07, 6.45) is 5.07. The molecule has 1 aromatic heterocycles. The van der Waals surface area contributed by atoms with Gasteiger partial charge in [0.25, 0.3) is 5.91 Å². The van der Waals surface area contributed by atoms with Crippen molar-refractivity contribution < 1.29 is 19.1 Å². The highest BCUT2D eigenvalue weighted by Crippen LogP contribution is 2.38. The summed E-state index contributed by atoms with van der Waals surface area (Å²) < 4.78 is 5.11. The molecule has 24 heavy (non-hydrogen) atoms. The van der Waals surface area contributed by atoms with Crippen LogP contribution in [0.5, 0.6) is 0 Å². The molecule has 7 heteroatoms. The Morgan fingerprint density at radius 2 is 2.25 bits per heavy atom. The number of pyridine rings is 1. The number of nitrogens with one attached hydrogen (secondary N) is 1. The molecule has 7 nitrogen and oxygen atoms in total. The zero-order chi connectivity index (χ0) is 17.2. The molecule has 2 atom stereocenters. The van der Waals surface area contributed by atoms with Crippen LogP contribution in [-0.2, 0) is 20.9 Å². The number of hydrogen-bond acceptors (Lipinski definition) is 5. The number of carbonyl (C=O) groups is 3. The minimum Gasteiger partial charge on any atom is -0.458 e. The van der Waals surface area contributed by atoms with E-state index in [-0.39, 0.29) is 25.0 Å². The Morgan fingerprint density at radius 1 is 1.42 bits per heavy atom. The molecule has 1 saturated carbocycles. The van der Waals surface area contributed by atoms with Crippen molar-refractivity contribution in [3.63, 3.8) is 0 Å². The van der Waals surface area contributed by atoms with Crippen LogP contribution in [-0.4, -0.2) is 39.9 Å². The summed E-state index contributed by atoms with van der Waals surface area (Å²) in [4.78, 5) is 41.9. The third kappa shape index (κ3) is 2.98. The molecule has 0 bridgehead atoms. The second-order valence-electron chi connectivity index (χ2n) is 6.42. The van der Waals surface area contributed by atoms with Gasteiger partial charge in [-0.3, -0.25) is 19.5 Å². The maximum Gasteiger partial charge on any atom is 0.326 e. The fourth-order valence-electron chi connectivity index (χ4n) is 3.45. The molecule has 1 aliphatic heterocycles.